The highest BCUT2D eigenvalue weighted by Crippen LogP contribution is 2.22. The van der Waals surface area contributed by atoms with Crippen LogP contribution < -0.4 is 0 Å². The van der Waals surface area contributed by atoms with Gasteiger partial charge >= 0.3 is 0 Å². The zero-order valence-corrected chi connectivity index (χ0v) is 11.0. The zero-order valence-electron chi connectivity index (χ0n) is 11.0. The molecule has 0 aromatic carbocycles. The summed E-state index contributed by atoms with van der Waals surface area (Å²) in [6, 6.07) is 0. The monoisotopic (exact) mass is 240 g/mol. The molecule has 2 fully saturated rings. The summed E-state index contributed by atoms with van der Waals surface area (Å²) in [4.78, 5) is 16.2. The average molecular weight is 240 g/mol. The van der Waals surface area contributed by atoms with Crippen molar-refractivity contribution < 1.29 is 9.53 Å². The molecule has 0 spiro atoms. The standard InChI is InChI=1S/C13H24N2O2/c1-3-4-11-8-15(9-11)13(16)7-12-10-14(2)5-6-17-12/h11-12H,3-10H2,1-2H3. The van der Waals surface area contributed by atoms with Gasteiger partial charge in [0.2, 0.25) is 5.91 Å². The molecule has 0 N–H and O–H groups in total. The number of carbonyl (C=O) groups is 1. The van der Waals surface area contributed by atoms with Crippen molar-refractivity contribution in [1.29, 1.82) is 0 Å². The van der Waals surface area contributed by atoms with Crippen LogP contribution in [0.1, 0.15) is 26.2 Å². The van der Waals surface area contributed by atoms with Crippen LogP contribution in [0.2, 0.25) is 0 Å². The van der Waals surface area contributed by atoms with Crippen molar-refractivity contribution in [3.8, 4) is 0 Å². The van der Waals surface area contributed by atoms with E-state index in [2.05, 4.69) is 18.9 Å². The molecule has 2 aliphatic heterocycles. The molecule has 2 heterocycles. The van der Waals surface area contributed by atoms with Gasteiger partial charge in [0.05, 0.1) is 19.1 Å². The molecule has 98 valence electrons. The second kappa shape index (κ2) is 5.83. The molecule has 1 unspecified atom stereocenters. The van der Waals surface area contributed by atoms with Gasteiger partial charge in [-0.3, -0.25) is 4.79 Å². The first kappa shape index (κ1) is 12.8. The first-order valence-corrected chi connectivity index (χ1v) is 6.77. The molecule has 0 saturated carbocycles. The molecule has 1 amide bonds. The van der Waals surface area contributed by atoms with E-state index in [4.69, 9.17) is 4.74 Å². The highest BCUT2D eigenvalue weighted by molar-refractivity contribution is 5.77. The summed E-state index contributed by atoms with van der Waals surface area (Å²) in [5, 5.41) is 0. The normalized spacial score (nSPS) is 26.9. The maximum atomic E-state index is 12.0. The average Bonchev–Trinajstić information content (AvgIpc) is 2.22. The maximum Gasteiger partial charge on any atom is 0.225 e. The third-order valence-electron chi connectivity index (χ3n) is 3.75. The maximum absolute atomic E-state index is 12.0. The van der Waals surface area contributed by atoms with Crippen molar-refractivity contribution in [2.24, 2.45) is 5.92 Å². The Balaban J connectivity index is 1.68. The summed E-state index contributed by atoms with van der Waals surface area (Å²) in [6.45, 7) is 6.76. The second-order valence-electron chi connectivity index (χ2n) is 5.41. The van der Waals surface area contributed by atoms with E-state index in [0.29, 0.717) is 6.42 Å². The second-order valence-corrected chi connectivity index (χ2v) is 5.41. The van der Waals surface area contributed by atoms with Gasteiger partial charge in [-0.25, -0.2) is 0 Å². The molecule has 1 atom stereocenters. The van der Waals surface area contributed by atoms with Crippen LogP contribution >= 0.6 is 0 Å². The topological polar surface area (TPSA) is 32.8 Å². The Kier molecular flexibility index (Phi) is 4.40. The lowest BCUT2D eigenvalue weighted by Gasteiger charge is -2.40. The number of rotatable bonds is 4. The SMILES string of the molecule is CCCC1CN(C(=O)CC2CN(C)CCO2)C1. The van der Waals surface area contributed by atoms with E-state index in [1.165, 1.54) is 12.8 Å². The molecule has 0 radical (unpaired) electrons. The minimum atomic E-state index is 0.103. The van der Waals surface area contributed by atoms with Crippen molar-refractivity contribution in [2.45, 2.75) is 32.3 Å². The van der Waals surface area contributed by atoms with Gasteiger partial charge < -0.3 is 14.5 Å². The van der Waals surface area contributed by atoms with Crippen LogP contribution in [0.4, 0.5) is 0 Å². The van der Waals surface area contributed by atoms with Crippen LogP contribution in [0, 0.1) is 5.92 Å². The number of hydrogen-bond donors (Lipinski definition) is 0. The van der Waals surface area contributed by atoms with Crippen molar-refractivity contribution in [3.05, 3.63) is 0 Å². The molecule has 0 aromatic heterocycles. The van der Waals surface area contributed by atoms with Crippen LogP contribution in [0.5, 0.6) is 0 Å². The van der Waals surface area contributed by atoms with Gasteiger partial charge in [0.15, 0.2) is 0 Å². The largest absolute Gasteiger partial charge is 0.375 e. The van der Waals surface area contributed by atoms with Crippen molar-refractivity contribution in [1.82, 2.24) is 9.80 Å². The van der Waals surface area contributed by atoms with Crippen LogP contribution in [0.3, 0.4) is 0 Å². The van der Waals surface area contributed by atoms with E-state index in [0.717, 1.165) is 38.7 Å². The number of morpholine rings is 1. The zero-order chi connectivity index (χ0) is 12.3. The van der Waals surface area contributed by atoms with Gasteiger partial charge in [0, 0.05) is 26.2 Å². The molecule has 2 rings (SSSR count). The lowest BCUT2D eigenvalue weighted by atomic mass is 9.94. The number of likely N-dealkylation sites (tertiary alicyclic amines) is 1. The minimum Gasteiger partial charge on any atom is -0.375 e. The van der Waals surface area contributed by atoms with Crippen molar-refractivity contribution >= 4 is 5.91 Å². The number of likely N-dealkylation sites (N-methyl/N-ethyl adjacent to an activating group) is 1. The summed E-state index contributed by atoms with van der Waals surface area (Å²) >= 11 is 0. The molecule has 0 bridgehead atoms. The molecule has 2 aliphatic rings. The smallest absolute Gasteiger partial charge is 0.225 e. The van der Waals surface area contributed by atoms with E-state index < -0.39 is 0 Å². The Hall–Kier alpha value is -0.610. The summed E-state index contributed by atoms with van der Waals surface area (Å²) in [5.41, 5.74) is 0. The van der Waals surface area contributed by atoms with Gasteiger partial charge in [-0.1, -0.05) is 13.3 Å². The van der Waals surface area contributed by atoms with Gasteiger partial charge in [0.1, 0.15) is 0 Å². The van der Waals surface area contributed by atoms with E-state index in [-0.39, 0.29) is 12.0 Å². The van der Waals surface area contributed by atoms with Gasteiger partial charge in [-0.05, 0) is 19.4 Å². The van der Waals surface area contributed by atoms with E-state index in [1.807, 2.05) is 4.90 Å². The van der Waals surface area contributed by atoms with Crippen LogP contribution in [-0.2, 0) is 9.53 Å². The molecular formula is C13H24N2O2. The molecule has 4 nitrogen and oxygen atoms in total. The third kappa shape index (κ3) is 3.42. The number of amides is 1. The quantitative estimate of drug-likeness (QED) is 0.734. The molecule has 2 saturated heterocycles. The van der Waals surface area contributed by atoms with Crippen LogP contribution in [-0.4, -0.2) is 61.6 Å². The Morgan fingerprint density at radius 3 is 2.76 bits per heavy atom. The lowest BCUT2D eigenvalue weighted by molar-refractivity contribution is -0.142. The first-order chi connectivity index (χ1) is 8.19. The van der Waals surface area contributed by atoms with Gasteiger partial charge in [-0.2, -0.15) is 0 Å². The summed E-state index contributed by atoms with van der Waals surface area (Å²) in [7, 11) is 2.08. The van der Waals surface area contributed by atoms with E-state index in [1.54, 1.807) is 0 Å². The van der Waals surface area contributed by atoms with Gasteiger partial charge in [-0.15, -0.1) is 0 Å². The fourth-order valence-electron chi connectivity index (χ4n) is 2.68. The molecular weight excluding hydrogens is 216 g/mol. The highest BCUT2D eigenvalue weighted by atomic mass is 16.5. The molecule has 0 aromatic rings. The Bertz CT molecular complexity index is 264. The number of ether oxygens (including phenoxy) is 1. The fourth-order valence-corrected chi connectivity index (χ4v) is 2.68. The van der Waals surface area contributed by atoms with E-state index >= 15 is 0 Å². The molecule has 0 aliphatic carbocycles. The molecule has 4 heteroatoms. The minimum absolute atomic E-state index is 0.103. The predicted octanol–water partition coefficient (Wildman–Crippen LogP) is 0.966. The number of carbonyl (C=O) groups excluding carboxylic acids is 1. The third-order valence-corrected chi connectivity index (χ3v) is 3.75. The summed E-state index contributed by atoms with van der Waals surface area (Å²) in [5.74, 6) is 1.02. The Morgan fingerprint density at radius 2 is 2.12 bits per heavy atom. The first-order valence-electron chi connectivity index (χ1n) is 6.77. The Morgan fingerprint density at radius 1 is 1.35 bits per heavy atom. The number of nitrogens with zero attached hydrogens (tertiary/aromatic N) is 2. The van der Waals surface area contributed by atoms with Crippen LogP contribution in [0.25, 0.3) is 0 Å². The fraction of sp³-hybridized carbons (Fsp3) is 0.923. The Labute approximate surface area is 104 Å². The number of hydrogen-bond acceptors (Lipinski definition) is 3. The van der Waals surface area contributed by atoms with Crippen LogP contribution in [0.15, 0.2) is 0 Å². The van der Waals surface area contributed by atoms with Crippen molar-refractivity contribution in [3.63, 3.8) is 0 Å². The highest BCUT2D eigenvalue weighted by Gasteiger charge is 2.31. The summed E-state index contributed by atoms with van der Waals surface area (Å²) < 4.78 is 5.62. The lowest BCUT2D eigenvalue weighted by Crippen LogP contribution is -2.51. The summed E-state index contributed by atoms with van der Waals surface area (Å²) in [6.07, 6.45) is 3.14. The van der Waals surface area contributed by atoms with Crippen molar-refractivity contribution in [2.75, 3.05) is 39.8 Å². The predicted molar refractivity (Wildman–Crippen MR) is 66.8 cm³/mol. The van der Waals surface area contributed by atoms with Gasteiger partial charge in [0.25, 0.3) is 0 Å². The van der Waals surface area contributed by atoms with E-state index in [9.17, 15) is 4.79 Å². The molecule has 17 heavy (non-hydrogen) atoms.